The normalized spacial score (nSPS) is 33.0. The van der Waals surface area contributed by atoms with Crippen LogP contribution in [0.15, 0.2) is 0 Å². The van der Waals surface area contributed by atoms with Gasteiger partial charge in [-0.15, -0.1) is 0 Å². The van der Waals surface area contributed by atoms with Gasteiger partial charge in [0.15, 0.2) is 0 Å². The third-order valence-electron chi connectivity index (χ3n) is 1.73. The molecule has 1 heterocycles. The van der Waals surface area contributed by atoms with Crippen LogP contribution >= 0.6 is 0 Å². The lowest BCUT2D eigenvalue weighted by molar-refractivity contribution is 0.0996. The lowest BCUT2D eigenvalue weighted by Gasteiger charge is -2.34. The highest BCUT2D eigenvalue weighted by Crippen LogP contribution is 1.97. The molecule has 0 saturated carbocycles. The Morgan fingerprint density at radius 1 is 1.44 bits per heavy atom. The summed E-state index contributed by atoms with van der Waals surface area (Å²) in [6.45, 7) is 2.67. The Balaban J connectivity index is 2.35. The van der Waals surface area contributed by atoms with Crippen molar-refractivity contribution in [3.05, 3.63) is 0 Å². The molecule has 1 atom stereocenters. The molecule has 1 aliphatic rings. The summed E-state index contributed by atoms with van der Waals surface area (Å²) in [4.78, 5) is 2.10. The van der Waals surface area contributed by atoms with Gasteiger partial charge in [0.2, 0.25) is 0 Å². The molecule has 0 amide bonds. The molecule has 4 N–H and O–H groups in total. The Morgan fingerprint density at radius 3 is 2.56 bits per heavy atom. The summed E-state index contributed by atoms with van der Waals surface area (Å²) < 4.78 is 0. The van der Waals surface area contributed by atoms with Gasteiger partial charge in [0, 0.05) is 19.6 Å². The predicted molar refractivity (Wildman–Crippen MR) is 36.4 cm³/mol. The minimum Gasteiger partial charge on any atom is -0.315 e. The second kappa shape index (κ2) is 2.62. The maximum Gasteiger partial charge on any atom is 0.0715 e. The number of likely N-dealkylation sites (N-methyl/N-ethyl adjacent to an activating group) is 1. The van der Waals surface area contributed by atoms with Crippen molar-refractivity contribution < 1.29 is 0 Å². The van der Waals surface area contributed by atoms with Crippen LogP contribution in [0.4, 0.5) is 0 Å². The van der Waals surface area contributed by atoms with Gasteiger partial charge in [0.05, 0.1) is 6.17 Å². The van der Waals surface area contributed by atoms with E-state index in [1.54, 1.807) is 5.01 Å². The van der Waals surface area contributed by atoms with Gasteiger partial charge in [-0.2, -0.15) is 0 Å². The average molecular weight is 130 g/mol. The van der Waals surface area contributed by atoms with Crippen molar-refractivity contribution in [1.29, 1.82) is 0 Å². The summed E-state index contributed by atoms with van der Waals surface area (Å²) in [5.74, 6) is 5.51. The largest absolute Gasteiger partial charge is 0.315 e. The first-order valence-electron chi connectivity index (χ1n) is 3.15. The molecule has 4 nitrogen and oxygen atoms in total. The van der Waals surface area contributed by atoms with E-state index in [1.807, 2.05) is 7.05 Å². The van der Waals surface area contributed by atoms with Crippen molar-refractivity contribution in [2.75, 3.05) is 26.7 Å². The molecule has 0 bridgehead atoms. The first-order valence-corrected chi connectivity index (χ1v) is 3.15. The van der Waals surface area contributed by atoms with Crippen molar-refractivity contribution in [3.8, 4) is 0 Å². The van der Waals surface area contributed by atoms with Crippen LogP contribution in [0.1, 0.15) is 0 Å². The van der Waals surface area contributed by atoms with Crippen LogP contribution in [0.25, 0.3) is 0 Å². The third-order valence-corrected chi connectivity index (χ3v) is 1.73. The van der Waals surface area contributed by atoms with E-state index in [4.69, 9.17) is 11.6 Å². The van der Waals surface area contributed by atoms with Crippen LogP contribution in [0, 0.1) is 0 Å². The fourth-order valence-corrected chi connectivity index (χ4v) is 0.923. The van der Waals surface area contributed by atoms with Crippen molar-refractivity contribution in [1.82, 2.24) is 9.91 Å². The fourth-order valence-electron chi connectivity index (χ4n) is 0.923. The smallest absolute Gasteiger partial charge is 0.0715 e. The van der Waals surface area contributed by atoms with Gasteiger partial charge in [-0.1, -0.05) is 0 Å². The van der Waals surface area contributed by atoms with Crippen molar-refractivity contribution >= 4 is 0 Å². The molecular formula is C5H14N4. The maximum atomic E-state index is 5.67. The molecule has 4 heteroatoms. The Morgan fingerprint density at radius 2 is 2.11 bits per heavy atom. The maximum absolute atomic E-state index is 5.67. The first-order chi connectivity index (χ1) is 4.20. The van der Waals surface area contributed by atoms with E-state index < -0.39 is 0 Å². The predicted octanol–water partition coefficient (Wildman–Crippen LogP) is -1.61. The second-order valence-corrected chi connectivity index (χ2v) is 2.54. The van der Waals surface area contributed by atoms with Gasteiger partial charge in [-0.3, -0.25) is 10.7 Å². The van der Waals surface area contributed by atoms with Crippen LogP contribution < -0.4 is 11.6 Å². The highest BCUT2D eigenvalue weighted by Gasteiger charge is 2.17. The SMILES string of the molecule is CN1CCN(N)CC1N. The Labute approximate surface area is 55.4 Å². The number of rotatable bonds is 0. The molecule has 0 aromatic heterocycles. The minimum atomic E-state index is 0.115. The number of piperazine rings is 1. The number of hydrogen-bond acceptors (Lipinski definition) is 4. The van der Waals surface area contributed by atoms with E-state index in [0.717, 1.165) is 19.6 Å². The number of hydrogen-bond donors (Lipinski definition) is 2. The van der Waals surface area contributed by atoms with Gasteiger partial charge in [-0.05, 0) is 7.05 Å². The monoisotopic (exact) mass is 130 g/mol. The Hall–Kier alpha value is -0.160. The topological polar surface area (TPSA) is 58.5 Å². The molecule has 1 saturated heterocycles. The zero-order chi connectivity index (χ0) is 6.85. The fraction of sp³-hybridized carbons (Fsp3) is 1.00. The van der Waals surface area contributed by atoms with E-state index in [0.29, 0.717) is 0 Å². The van der Waals surface area contributed by atoms with E-state index in [9.17, 15) is 0 Å². The highest BCUT2D eigenvalue weighted by atomic mass is 15.5. The summed E-state index contributed by atoms with van der Waals surface area (Å²) in [5, 5.41) is 1.75. The molecule has 1 fully saturated rings. The molecule has 54 valence electrons. The summed E-state index contributed by atoms with van der Waals surface area (Å²) in [6, 6.07) is 0. The van der Waals surface area contributed by atoms with Crippen LogP contribution in [0.5, 0.6) is 0 Å². The Kier molecular flexibility index (Phi) is 2.02. The van der Waals surface area contributed by atoms with Gasteiger partial charge in [0.25, 0.3) is 0 Å². The molecule has 1 rings (SSSR count). The van der Waals surface area contributed by atoms with E-state index >= 15 is 0 Å². The van der Waals surface area contributed by atoms with Crippen LogP contribution in [-0.2, 0) is 0 Å². The summed E-state index contributed by atoms with van der Waals surface area (Å²) in [7, 11) is 2.01. The highest BCUT2D eigenvalue weighted by molar-refractivity contribution is 4.71. The van der Waals surface area contributed by atoms with Gasteiger partial charge >= 0.3 is 0 Å². The average Bonchev–Trinajstić information content (AvgIpc) is 1.80. The molecule has 0 aliphatic carbocycles. The molecule has 1 unspecified atom stereocenters. The molecule has 1 aliphatic heterocycles. The summed E-state index contributed by atoms with van der Waals surface area (Å²) >= 11 is 0. The van der Waals surface area contributed by atoms with Gasteiger partial charge in [-0.25, -0.2) is 5.01 Å². The van der Waals surface area contributed by atoms with Crippen LogP contribution in [0.3, 0.4) is 0 Å². The minimum absolute atomic E-state index is 0.115. The Bertz CT molecular complexity index is 95.0. The molecule has 0 spiro atoms. The molecular weight excluding hydrogens is 116 g/mol. The van der Waals surface area contributed by atoms with Gasteiger partial charge < -0.3 is 5.73 Å². The molecule has 0 aromatic carbocycles. The second-order valence-electron chi connectivity index (χ2n) is 2.54. The van der Waals surface area contributed by atoms with Crippen molar-refractivity contribution in [3.63, 3.8) is 0 Å². The van der Waals surface area contributed by atoms with E-state index in [1.165, 1.54) is 0 Å². The molecule has 0 radical (unpaired) electrons. The molecule has 0 aromatic rings. The van der Waals surface area contributed by atoms with Gasteiger partial charge in [0.1, 0.15) is 0 Å². The van der Waals surface area contributed by atoms with E-state index in [2.05, 4.69) is 4.90 Å². The van der Waals surface area contributed by atoms with Crippen LogP contribution in [0.2, 0.25) is 0 Å². The van der Waals surface area contributed by atoms with Crippen molar-refractivity contribution in [2.24, 2.45) is 11.6 Å². The number of nitrogens with two attached hydrogens (primary N) is 2. The number of hydrazine groups is 1. The number of nitrogens with zero attached hydrogens (tertiary/aromatic N) is 2. The summed E-state index contributed by atoms with van der Waals surface area (Å²) in [5.41, 5.74) is 5.67. The van der Waals surface area contributed by atoms with E-state index in [-0.39, 0.29) is 6.17 Å². The van der Waals surface area contributed by atoms with Crippen molar-refractivity contribution in [2.45, 2.75) is 6.17 Å². The quantitative estimate of drug-likeness (QED) is 0.387. The zero-order valence-corrected chi connectivity index (χ0v) is 5.75. The first kappa shape index (κ1) is 6.95. The zero-order valence-electron chi connectivity index (χ0n) is 5.75. The standard InChI is InChI=1S/C5H14N4/c1-8-2-3-9(7)4-5(8)6/h5H,2-4,6-7H2,1H3. The lowest BCUT2D eigenvalue weighted by atomic mass is 10.3. The van der Waals surface area contributed by atoms with Crippen LogP contribution in [-0.4, -0.2) is 42.8 Å². The summed E-state index contributed by atoms with van der Waals surface area (Å²) in [6.07, 6.45) is 0.115. The third kappa shape index (κ3) is 1.62. The lowest BCUT2D eigenvalue weighted by Crippen LogP contribution is -2.57. The molecule has 9 heavy (non-hydrogen) atoms.